The summed E-state index contributed by atoms with van der Waals surface area (Å²) >= 11 is 1.21. The van der Waals surface area contributed by atoms with Gasteiger partial charge in [0.15, 0.2) is 11.6 Å². The minimum atomic E-state index is -0.899. The maximum Gasteiger partial charge on any atom is 0.233 e. The van der Waals surface area contributed by atoms with Crippen molar-refractivity contribution in [2.45, 2.75) is 42.9 Å². The van der Waals surface area contributed by atoms with E-state index in [0.717, 1.165) is 25.0 Å². The average Bonchev–Trinajstić information content (AvgIpc) is 2.57. The SMILES string of the molecule is C[C@H](CCc1ccccc1)NC(=O)[C@@H](C)Sc1ccc(F)c(F)c1. The Morgan fingerprint density at radius 2 is 1.79 bits per heavy atom. The normalized spacial score (nSPS) is 13.3. The van der Waals surface area contributed by atoms with Gasteiger partial charge in [0.1, 0.15) is 0 Å². The maximum atomic E-state index is 13.2. The van der Waals surface area contributed by atoms with Crippen molar-refractivity contribution in [2.75, 3.05) is 0 Å². The molecule has 1 N–H and O–H groups in total. The van der Waals surface area contributed by atoms with Crippen LogP contribution in [0.1, 0.15) is 25.8 Å². The first-order valence-electron chi connectivity index (χ1n) is 7.91. The lowest BCUT2D eigenvalue weighted by molar-refractivity contribution is -0.120. The van der Waals surface area contributed by atoms with Crippen LogP contribution < -0.4 is 5.32 Å². The third-order valence-electron chi connectivity index (χ3n) is 3.67. The highest BCUT2D eigenvalue weighted by molar-refractivity contribution is 8.00. The molecule has 2 rings (SSSR count). The first kappa shape index (κ1) is 18.5. The summed E-state index contributed by atoms with van der Waals surface area (Å²) in [5, 5.41) is 2.59. The van der Waals surface area contributed by atoms with Crippen molar-refractivity contribution in [3.63, 3.8) is 0 Å². The Morgan fingerprint density at radius 3 is 2.46 bits per heavy atom. The van der Waals surface area contributed by atoms with Crippen molar-refractivity contribution in [1.82, 2.24) is 5.32 Å². The Labute approximate surface area is 145 Å². The summed E-state index contributed by atoms with van der Waals surface area (Å²) in [6.45, 7) is 3.72. The predicted molar refractivity (Wildman–Crippen MR) is 94.0 cm³/mol. The number of rotatable bonds is 7. The van der Waals surface area contributed by atoms with Crippen molar-refractivity contribution >= 4 is 17.7 Å². The molecule has 2 aromatic rings. The van der Waals surface area contributed by atoms with Gasteiger partial charge < -0.3 is 5.32 Å². The van der Waals surface area contributed by atoms with Crippen molar-refractivity contribution < 1.29 is 13.6 Å². The molecule has 0 radical (unpaired) electrons. The molecule has 5 heteroatoms. The van der Waals surface area contributed by atoms with Crippen LogP contribution in [0.5, 0.6) is 0 Å². The Kier molecular flexibility index (Phi) is 6.79. The van der Waals surface area contributed by atoms with Gasteiger partial charge in [-0.3, -0.25) is 4.79 Å². The van der Waals surface area contributed by atoms with Crippen LogP contribution in [0.3, 0.4) is 0 Å². The number of carbonyl (C=O) groups is 1. The number of benzene rings is 2. The van der Waals surface area contributed by atoms with Crippen molar-refractivity contribution in [2.24, 2.45) is 0 Å². The number of hydrogen-bond acceptors (Lipinski definition) is 2. The van der Waals surface area contributed by atoms with E-state index in [1.54, 1.807) is 6.92 Å². The monoisotopic (exact) mass is 349 g/mol. The standard InChI is InChI=1S/C19H21F2NOS/c1-13(8-9-15-6-4-3-5-7-15)22-19(23)14(2)24-16-10-11-17(20)18(21)12-16/h3-7,10-14H,8-9H2,1-2H3,(H,22,23)/t13-,14-/m1/s1. The Morgan fingerprint density at radius 1 is 1.08 bits per heavy atom. The van der Waals surface area contributed by atoms with Gasteiger partial charge in [-0.15, -0.1) is 11.8 Å². The highest BCUT2D eigenvalue weighted by atomic mass is 32.2. The number of hydrogen-bond donors (Lipinski definition) is 1. The van der Waals surface area contributed by atoms with Gasteiger partial charge >= 0.3 is 0 Å². The molecule has 0 saturated carbocycles. The average molecular weight is 349 g/mol. The molecule has 0 aromatic heterocycles. The molecule has 0 aliphatic rings. The van der Waals surface area contributed by atoms with E-state index >= 15 is 0 Å². The summed E-state index contributed by atoms with van der Waals surface area (Å²) in [6.07, 6.45) is 1.74. The zero-order valence-corrected chi connectivity index (χ0v) is 14.6. The van der Waals surface area contributed by atoms with Gasteiger partial charge in [0, 0.05) is 10.9 Å². The van der Waals surface area contributed by atoms with Gasteiger partial charge in [-0.1, -0.05) is 30.3 Å². The summed E-state index contributed by atoms with van der Waals surface area (Å²) in [5.74, 6) is -1.89. The van der Waals surface area contributed by atoms with Gasteiger partial charge in [0.05, 0.1) is 5.25 Å². The van der Waals surface area contributed by atoms with Gasteiger partial charge in [0.2, 0.25) is 5.91 Å². The summed E-state index contributed by atoms with van der Waals surface area (Å²) in [4.78, 5) is 12.8. The van der Waals surface area contributed by atoms with Crippen LogP contribution in [0.2, 0.25) is 0 Å². The summed E-state index contributed by atoms with van der Waals surface area (Å²) in [6, 6.07) is 13.8. The van der Waals surface area contributed by atoms with Crippen LogP contribution in [0, 0.1) is 11.6 Å². The van der Waals surface area contributed by atoms with Crippen LogP contribution in [-0.4, -0.2) is 17.2 Å². The smallest absolute Gasteiger partial charge is 0.233 e. The second kappa shape index (κ2) is 8.83. The zero-order chi connectivity index (χ0) is 17.5. The Hall–Kier alpha value is -1.88. The second-order valence-electron chi connectivity index (χ2n) is 5.77. The fourth-order valence-electron chi connectivity index (χ4n) is 2.27. The predicted octanol–water partition coefficient (Wildman–Crippen LogP) is 4.58. The van der Waals surface area contributed by atoms with Crippen molar-refractivity contribution in [1.29, 1.82) is 0 Å². The zero-order valence-electron chi connectivity index (χ0n) is 13.8. The third-order valence-corrected chi connectivity index (χ3v) is 4.76. The van der Waals surface area contributed by atoms with E-state index < -0.39 is 11.6 Å². The van der Waals surface area contributed by atoms with Crippen LogP contribution in [-0.2, 0) is 11.2 Å². The van der Waals surface area contributed by atoms with Gasteiger partial charge in [-0.25, -0.2) is 8.78 Å². The Balaban J connectivity index is 1.80. The molecule has 0 unspecified atom stereocenters. The van der Waals surface area contributed by atoms with Crippen LogP contribution in [0.25, 0.3) is 0 Å². The van der Waals surface area contributed by atoms with E-state index in [4.69, 9.17) is 0 Å². The minimum absolute atomic E-state index is 0.0470. The molecule has 128 valence electrons. The molecule has 0 aliphatic carbocycles. The highest BCUT2D eigenvalue weighted by Crippen LogP contribution is 2.25. The molecular weight excluding hydrogens is 328 g/mol. The Bertz CT molecular complexity index is 678. The van der Waals surface area contributed by atoms with Crippen LogP contribution in [0.4, 0.5) is 8.78 Å². The number of halogens is 2. The number of amides is 1. The highest BCUT2D eigenvalue weighted by Gasteiger charge is 2.17. The summed E-state index contributed by atoms with van der Waals surface area (Å²) in [5.41, 5.74) is 1.24. The molecule has 0 aliphatic heterocycles. The van der Waals surface area contributed by atoms with E-state index in [0.29, 0.717) is 4.90 Å². The number of thioether (sulfide) groups is 1. The van der Waals surface area contributed by atoms with E-state index in [1.165, 1.54) is 23.4 Å². The fraction of sp³-hybridized carbons (Fsp3) is 0.316. The molecule has 0 bridgehead atoms. The topological polar surface area (TPSA) is 29.1 Å². The lowest BCUT2D eigenvalue weighted by Crippen LogP contribution is -2.37. The van der Waals surface area contributed by atoms with Crippen LogP contribution in [0.15, 0.2) is 53.4 Å². The largest absolute Gasteiger partial charge is 0.353 e. The summed E-state index contributed by atoms with van der Waals surface area (Å²) in [7, 11) is 0. The van der Waals surface area contributed by atoms with Crippen molar-refractivity contribution in [3.8, 4) is 0 Å². The molecule has 0 spiro atoms. The molecule has 2 aromatic carbocycles. The molecule has 0 fully saturated rings. The molecule has 0 heterocycles. The number of aryl methyl sites for hydroxylation is 1. The minimum Gasteiger partial charge on any atom is -0.353 e. The first-order chi connectivity index (χ1) is 11.5. The van der Waals surface area contributed by atoms with Gasteiger partial charge in [-0.05, 0) is 50.5 Å². The quantitative estimate of drug-likeness (QED) is 0.741. The molecule has 24 heavy (non-hydrogen) atoms. The van der Waals surface area contributed by atoms with Crippen molar-refractivity contribution in [3.05, 3.63) is 65.7 Å². The summed E-state index contributed by atoms with van der Waals surface area (Å²) < 4.78 is 26.1. The molecule has 2 atom stereocenters. The molecule has 2 nitrogen and oxygen atoms in total. The van der Waals surface area contributed by atoms with Crippen LogP contribution >= 0.6 is 11.8 Å². The second-order valence-corrected chi connectivity index (χ2v) is 7.18. The number of nitrogens with one attached hydrogen (secondary N) is 1. The van der Waals surface area contributed by atoms with E-state index in [9.17, 15) is 13.6 Å². The fourth-order valence-corrected chi connectivity index (χ4v) is 3.17. The molecule has 0 saturated heterocycles. The molecular formula is C19H21F2NOS. The molecule has 1 amide bonds. The van der Waals surface area contributed by atoms with E-state index in [1.807, 2.05) is 25.1 Å². The number of carbonyl (C=O) groups excluding carboxylic acids is 1. The third kappa shape index (κ3) is 5.64. The lowest BCUT2D eigenvalue weighted by Gasteiger charge is -2.17. The lowest BCUT2D eigenvalue weighted by atomic mass is 10.1. The van der Waals surface area contributed by atoms with Gasteiger partial charge in [0.25, 0.3) is 0 Å². The van der Waals surface area contributed by atoms with E-state index in [-0.39, 0.29) is 17.2 Å². The van der Waals surface area contributed by atoms with E-state index in [2.05, 4.69) is 17.4 Å². The van der Waals surface area contributed by atoms with Gasteiger partial charge in [-0.2, -0.15) is 0 Å². The maximum absolute atomic E-state index is 13.2. The first-order valence-corrected chi connectivity index (χ1v) is 8.79.